The van der Waals surface area contributed by atoms with Crippen LogP contribution in [-0.2, 0) is 11.2 Å². The Kier molecular flexibility index (Phi) is 4.55. The monoisotopic (exact) mass is 289 g/mol. The maximum Gasteiger partial charge on any atom is 0.253 e. The Hall–Kier alpha value is -1.13. The Morgan fingerprint density at radius 1 is 1.28 bits per heavy atom. The molecule has 1 N–H and O–H groups in total. The minimum Gasteiger partial charge on any atom is -0.486 e. The Bertz CT molecular complexity index is 437. The molecule has 0 fully saturated rings. The smallest absolute Gasteiger partial charge is 0.253 e. The third-order valence-electron chi connectivity index (χ3n) is 2.52. The number of rotatable bonds is 4. The zero-order valence-corrected chi connectivity index (χ0v) is 11.1. The largest absolute Gasteiger partial charge is 0.486 e. The van der Waals surface area contributed by atoms with Crippen LogP contribution in [0, 0.1) is 0 Å². The van der Waals surface area contributed by atoms with E-state index in [1.54, 1.807) is 0 Å². The van der Waals surface area contributed by atoms with Crippen molar-refractivity contribution >= 4 is 29.1 Å². The van der Waals surface area contributed by atoms with Gasteiger partial charge in [-0.25, -0.2) is 0 Å². The molecule has 18 heavy (non-hydrogen) atoms. The molecule has 0 spiro atoms. The number of amides is 1. The SMILES string of the molecule is O=C(NCCc1ccc2c(c1)OCCO2)C(Cl)Cl. The lowest BCUT2D eigenvalue weighted by Gasteiger charge is -2.18. The summed E-state index contributed by atoms with van der Waals surface area (Å²) >= 11 is 10.8. The molecule has 2 rings (SSSR count). The number of ether oxygens (including phenoxy) is 2. The predicted molar refractivity (Wildman–Crippen MR) is 69.6 cm³/mol. The third-order valence-corrected chi connectivity index (χ3v) is 2.91. The summed E-state index contributed by atoms with van der Waals surface area (Å²) in [6.45, 7) is 1.62. The first kappa shape index (κ1) is 13.3. The second-order valence-corrected chi connectivity index (χ2v) is 4.92. The standard InChI is InChI=1S/C12H13Cl2NO3/c13-11(14)12(16)15-4-3-8-1-2-9-10(7-8)18-6-5-17-9/h1-2,7,11H,3-6H2,(H,15,16). The van der Waals surface area contributed by atoms with E-state index in [0.29, 0.717) is 26.2 Å². The second-order valence-electron chi connectivity index (χ2n) is 3.82. The van der Waals surface area contributed by atoms with Gasteiger partial charge in [0.15, 0.2) is 16.3 Å². The molecule has 6 heteroatoms. The van der Waals surface area contributed by atoms with Crippen molar-refractivity contribution in [2.24, 2.45) is 0 Å². The highest BCUT2D eigenvalue weighted by molar-refractivity contribution is 6.53. The van der Waals surface area contributed by atoms with E-state index in [2.05, 4.69) is 5.32 Å². The Labute approximate surface area is 115 Å². The van der Waals surface area contributed by atoms with Crippen molar-refractivity contribution in [2.45, 2.75) is 11.3 Å². The molecule has 1 aliphatic rings. The first-order valence-corrected chi connectivity index (χ1v) is 6.48. The van der Waals surface area contributed by atoms with Crippen LogP contribution in [0.4, 0.5) is 0 Å². The second kappa shape index (κ2) is 6.16. The lowest BCUT2D eigenvalue weighted by molar-refractivity contribution is -0.119. The minimum atomic E-state index is -1.02. The zero-order chi connectivity index (χ0) is 13.0. The van der Waals surface area contributed by atoms with E-state index in [9.17, 15) is 4.79 Å². The van der Waals surface area contributed by atoms with Gasteiger partial charge in [-0.3, -0.25) is 4.79 Å². The summed E-state index contributed by atoms with van der Waals surface area (Å²) in [6.07, 6.45) is 0.683. The Morgan fingerprint density at radius 2 is 2.00 bits per heavy atom. The molecular formula is C12H13Cl2NO3. The molecule has 0 aromatic heterocycles. The van der Waals surface area contributed by atoms with E-state index in [1.165, 1.54) is 0 Å². The van der Waals surface area contributed by atoms with Crippen molar-refractivity contribution in [3.05, 3.63) is 23.8 Å². The molecule has 1 aromatic rings. The molecule has 0 saturated heterocycles. The topological polar surface area (TPSA) is 47.6 Å². The van der Waals surface area contributed by atoms with Crippen LogP contribution in [0.2, 0.25) is 0 Å². The van der Waals surface area contributed by atoms with Gasteiger partial charge in [0.05, 0.1) is 0 Å². The molecule has 1 aromatic carbocycles. The summed E-state index contributed by atoms with van der Waals surface area (Å²) in [4.78, 5) is 10.1. The van der Waals surface area contributed by atoms with Crippen molar-refractivity contribution in [3.8, 4) is 11.5 Å². The van der Waals surface area contributed by atoms with Crippen LogP contribution in [-0.4, -0.2) is 30.5 Å². The van der Waals surface area contributed by atoms with Gasteiger partial charge < -0.3 is 14.8 Å². The number of hydrogen-bond donors (Lipinski definition) is 1. The maximum absolute atomic E-state index is 11.1. The van der Waals surface area contributed by atoms with E-state index in [-0.39, 0.29) is 5.91 Å². The van der Waals surface area contributed by atoms with Gasteiger partial charge in [-0.2, -0.15) is 0 Å². The summed E-state index contributed by atoms with van der Waals surface area (Å²) < 4.78 is 10.9. The first-order valence-electron chi connectivity index (χ1n) is 5.61. The number of carbonyl (C=O) groups excluding carboxylic acids is 1. The fourth-order valence-corrected chi connectivity index (χ4v) is 1.80. The van der Waals surface area contributed by atoms with E-state index >= 15 is 0 Å². The molecular weight excluding hydrogens is 277 g/mol. The number of halogens is 2. The van der Waals surface area contributed by atoms with Crippen LogP contribution in [0.25, 0.3) is 0 Å². The fourth-order valence-electron chi connectivity index (χ4n) is 1.65. The summed E-state index contributed by atoms with van der Waals surface area (Å²) in [5.74, 6) is 1.13. The summed E-state index contributed by atoms with van der Waals surface area (Å²) in [7, 11) is 0. The Balaban J connectivity index is 1.88. The fraction of sp³-hybridized carbons (Fsp3) is 0.417. The maximum atomic E-state index is 11.1. The van der Waals surface area contributed by atoms with Crippen LogP contribution in [0.5, 0.6) is 11.5 Å². The third kappa shape index (κ3) is 3.43. The van der Waals surface area contributed by atoms with Crippen LogP contribution in [0.3, 0.4) is 0 Å². The average Bonchev–Trinajstić information content (AvgIpc) is 2.38. The van der Waals surface area contributed by atoms with Crippen molar-refractivity contribution in [1.82, 2.24) is 5.32 Å². The number of carbonyl (C=O) groups is 1. The molecule has 1 heterocycles. The molecule has 0 saturated carbocycles. The highest BCUT2D eigenvalue weighted by atomic mass is 35.5. The van der Waals surface area contributed by atoms with Crippen LogP contribution < -0.4 is 14.8 Å². The number of nitrogens with one attached hydrogen (secondary N) is 1. The summed E-state index contributed by atoms with van der Waals surface area (Å²) in [6, 6.07) is 5.73. The van der Waals surface area contributed by atoms with E-state index in [4.69, 9.17) is 32.7 Å². The molecule has 0 atom stereocenters. The molecule has 0 radical (unpaired) electrons. The van der Waals surface area contributed by atoms with Gasteiger partial charge in [0.2, 0.25) is 0 Å². The average molecular weight is 290 g/mol. The van der Waals surface area contributed by atoms with E-state index in [0.717, 1.165) is 17.1 Å². The number of hydrogen-bond acceptors (Lipinski definition) is 3. The van der Waals surface area contributed by atoms with Gasteiger partial charge in [0, 0.05) is 6.54 Å². The lowest BCUT2D eigenvalue weighted by Crippen LogP contribution is -2.30. The highest BCUT2D eigenvalue weighted by Gasteiger charge is 2.12. The van der Waals surface area contributed by atoms with Crippen LogP contribution in [0.1, 0.15) is 5.56 Å². The molecule has 0 aliphatic carbocycles. The van der Waals surface area contributed by atoms with Gasteiger partial charge in [0.1, 0.15) is 13.2 Å². The molecule has 4 nitrogen and oxygen atoms in total. The molecule has 1 aliphatic heterocycles. The van der Waals surface area contributed by atoms with Crippen molar-refractivity contribution in [1.29, 1.82) is 0 Å². The molecule has 0 unspecified atom stereocenters. The van der Waals surface area contributed by atoms with Crippen molar-refractivity contribution in [3.63, 3.8) is 0 Å². The zero-order valence-electron chi connectivity index (χ0n) is 9.62. The van der Waals surface area contributed by atoms with Gasteiger partial charge >= 0.3 is 0 Å². The lowest BCUT2D eigenvalue weighted by atomic mass is 10.1. The molecule has 98 valence electrons. The normalized spacial score (nSPS) is 13.5. The number of benzene rings is 1. The predicted octanol–water partition coefficient (Wildman–Crippen LogP) is 1.92. The van der Waals surface area contributed by atoms with Crippen molar-refractivity contribution < 1.29 is 14.3 Å². The summed E-state index contributed by atoms with van der Waals surface area (Å²) in [5, 5.41) is 2.64. The van der Waals surface area contributed by atoms with E-state index in [1.807, 2.05) is 18.2 Å². The van der Waals surface area contributed by atoms with Crippen molar-refractivity contribution in [2.75, 3.05) is 19.8 Å². The molecule has 0 bridgehead atoms. The van der Waals surface area contributed by atoms with Gasteiger partial charge in [-0.15, -0.1) is 0 Å². The summed E-state index contributed by atoms with van der Waals surface area (Å²) in [5.41, 5.74) is 1.06. The first-order chi connectivity index (χ1) is 8.66. The van der Waals surface area contributed by atoms with Crippen LogP contribution >= 0.6 is 23.2 Å². The Morgan fingerprint density at radius 3 is 2.72 bits per heavy atom. The van der Waals surface area contributed by atoms with Crippen LogP contribution in [0.15, 0.2) is 18.2 Å². The van der Waals surface area contributed by atoms with Gasteiger partial charge in [0.25, 0.3) is 5.91 Å². The minimum absolute atomic E-state index is 0.379. The van der Waals surface area contributed by atoms with Gasteiger partial charge in [-0.05, 0) is 24.1 Å². The highest BCUT2D eigenvalue weighted by Crippen LogP contribution is 2.30. The number of fused-ring (bicyclic) bond motifs is 1. The van der Waals surface area contributed by atoms with Gasteiger partial charge in [-0.1, -0.05) is 29.3 Å². The quantitative estimate of drug-likeness (QED) is 0.862. The van der Waals surface area contributed by atoms with E-state index < -0.39 is 4.84 Å². The number of alkyl halides is 2. The molecule has 1 amide bonds.